The van der Waals surface area contributed by atoms with E-state index in [0.29, 0.717) is 0 Å². The summed E-state index contributed by atoms with van der Waals surface area (Å²) in [5.41, 5.74) is 1.97. The van der Waals surface area contributed by atoms with Gasteiger partial charge in [0.05, 0.1) is 11.2 Å². The van der Waals surface area contributed by atoms with Crippen LogP contribution in [-0.2, 0) is 25.3 Å². The van der Waals surface area contributed by atoms with Gasteiger partial charge in [-0.3, -0.25) is 0 Å². The average molecular weight is 304 g/mol. The lowest BCUT2D eigenvalue weighted by molar-refractivity contribution is -0.191. The van der Waals surface area contributed by atoms with E-state index in [1.807, 2.05) is 0 Å². The lowest BCUT2D eigenvalue weighted by Gasteiger charge is -2.32. The van der Waals surface area contributed by atoms with Crippen LogP contribution in [0.15, 0.2) is 24.3 Å². The first-order valence-corrected chi connectivity index (χ1v) is 7.71. The Morgan fingerprint density at radius 3 is 2.14 bits per heavy atom. The van der Waals surface area contributed by atoms with Gasteiger partial charge in [-0.1, -0.05) is 37.6 Å². The molecule has 1 aromatic carbocycles. The third-order valence-electron chi connectivity index (χ3n) is 4.30. The van der Waals surface area contributed by atoms with Gasteiger partial charge in [0.1, 0.15) is 0 Å². The lowest BCUT2D eigenvalue weighted by atomic mass is 9.78. The van der Waals surface area contributed by atoms with Crippen LogP contribution >= 0.6 is 0 Å². The van der Waals surface area contributed by atoms with Crippen molar-refractivity contribution in [3.8, 4) is 0 Å². The van der Waals surface area contributed by atoms with Crippen molar-refractivity contribution in [1.29, 1.82) is 0 Å². The van der Waals surface area contributed by atoms with Crippen molar-refractivity contribution in [2.45, 2.75) is 65.1 Å². The summed E-state index contributed by atoms with van der Waals surface area (Å²) in [7, 11) is -0.244. The van der Waals surface area contributed by atoms with Crippen molar-refractivity contribution in [1.82, 2.24) is 0 Å². The average Bonchev–Trinajstić information content (AvgIpc) is 2.66. The van der Waals surface area contributed by atoms with Crippen molar-refractivity contribution < 1.29 is 18.9 Å². The number of aryl methyl sites for hydroxylation is 1. The van der Waals surface area contributed by atoms with Gasteiger partial charge in [-0.15, -0.1) is 0 Å². The monoisotopic (exact) mass is 304 g/mol. The Morgan fingerprint density at radius 2 is 1.64 bits per heavy atom. The van der Waals surface area contributed by atoms with Crippen molar-refractivity contribution in [3.05, 3.63) is 29.8 Å². The molecular formula is C17H25BO4. The largest absolute Gasteiger partial charge is 0.494 e. The summed E-state index contributed by atoms with van der Waals surface area (Å²) < 4.78 is 12.2. The predicted octanol–water partition coefficient (Wildman–Crippen LogP) is 2.74. The first-order valence-electron chi connectivity index (χ1n) is 7.71. The van der Waals surface area contributed by atoms with E-state index in [0.717, 1.165) is 11.9 Å². The van der Waals surface area contributed by atoms with Gasteiger partial charge >= 0.3 is 13.3 Å². The molecule has 4 nitrogen and oxygen atoms in total. The standard InChI is InChI=1S/C16H25BO2.CO2/c1-6-7-9-13-10-8-11-14(12-13)17-18-15(2,3)16(4,5)19-17;2-1-3/h8,10-12H,6-7,9H2,1-5H3;. The molecule has 120 valence electrons. The maximum atomic E-state index is 8.12. The van der Waals surface area contributed by atoms with E-state index in [1.54, 1.807) is 0 Å². The van der Waals surface area contributed by atoms with Gasteiger partial charge < -0.3 is 9.31 Å². The Labute approximate surface area is 133 Å². The number of benzene rings is 1. The molecule has 1 aliphatic rings. The topological polar surface area (TPSA) is 52.6 Å². The highest BCUT2D eigenvalue weighted by atomic mass is 16.7. The smallest absolute Gasteiger partial charge is 0.399 e. The zero-order chi connectivity index (χ0) is 16.8. The molecule has 0 aromatic heterocycles. The summed E-state index contributed by atoms with van der Waals surface area (Å²) >= 11 is 0. The summed E-state index contributed by atoms with van der Waals surface area (Å²) in [6, 6.07) is 8.60. The minimum Gasteiger partial charge on any atom is -0.399 e. The van der Waals surface area contributed by atoms with Crippen molar-refractivity contribution in [2.75, 3.05) is 0 Å². The Bertz CT molecular complexity index is 503. The summed E-state index contributed by atoms with van der Waals surface area (Å²) in [5.74, 6) is 0. The first kappa shape index (κ1) is 18.6. The highest BCUT2D eigenvalue weighted by Crippen LogP contribution is 2.36. The Morgan fingerprint density at radius 1 is 1.09 bits per heavy atom. The minimum absolute atomic E-state index is 0.244. The van der Waals surface area contributed by atoms with E-state index in [1.165, 1.54) is 18.4 Å². The van der Waals surface area contributed by atoms with E-state index in [2.05, 4.69) is 58.9 Å². The van der Waals surface area contributed by atoms with E-state index >= 15 is 0 Å². The molecular weight excluding hydrogens is 279 g/mol. The fourth-order valence-electron chi connectivity index (χ4n) is 2.26. The van der Waals surface area contributed by atoms with Crippen LogP contribution < -0.4 is 5.46 Å². The van der Waals surface area contributed by atoms with E-state index in [4.69, 9.17) is 18.9 Å². The van der Waals surface area contributed by atoms with Crippen LogP contribution in [0.25, 0.3) is 0 Å². The van der Waals surface area contributed by atoms with Crippen LogP contribution in [0.2, 0.25) is 0 Å². The van der Waals surface area contributed by atoms with Crippen LogP contribution in [-0.4, -0.2) is 24.5 Å². The Kier molecular flexibility index (Phi) is 6.55. The zero-order valence-corrected chi connectivity index (χ0v) is 14.1. The molecule has 0 aliphatic carbocycles. The number of rotatable bonds is 4. The Hall–Kier alpha value is -1.42. The lowest BCUT2D eigenvalue weighted by Crippen LogP contribution is -2.41. The molecule has 0 radical (unpaired) electrons. The fourth-order valence-corrected chi connectivity index (χ4v) is 2.26. The molecule has 0 saturated carbocycles. The highest BCUT2D eigenvalue weighted by Gasteiger charge is 2.51. The molecule has 22 heavy (non-hydrogen) atoms. The van der Waals surface area contributed by atoms with Crippen LogP contribution in [0, 0.1) is 0 Å². The predicted molar refractivity (Wildman–Crippen MR) is 85.8 cm³/mol. The summed E-state index contributed by atoms with van der Waals surface area (Å²) in [6.45, 7) is 10.6. The van der Waals surface area contributed by atoms with E-state index in [9.17, 15) is 0 Å². The van der Waals surface area contributed by atoms with Crippen LogP contribution in [0.1, 0.15) is 53.0 Å². The molecule has 1 fully saturated rings. The third-order valence-corrected chi connectivity index (χ3v) is 4.30. The molecule has 2 rings (SSSR count). The van der Waals surface area contributed by atoms with Gasteiger partial charge in [-0.2, -0.15) is 9.59 Å². The minimum atomic E-state index is -0.267. The number of carbonyl (C=O) groups excluding carboxylic acids is 2. The second-order valence-electron chi connectivity index (χ2n) is 6.52. The van der Waals surface area contributed by atoms with Gasteiger partial charge in [-0.05, 0) is 51.6 Å². The summed E-state index contributed by atoms with van der Waals surface area (Å²) in [4.78, 5) is 16.2. The molecule has 0 amide bonds. The number of hydrogen-bond donors (Lipinski definition) is 0. The van der Waals surface area contributed by atoms with Crippen LogP contribution in [0.5, 0.6) is 0 Å². The van der Waals surface area contributed by atoms with Gasteiger partial charge in [0.2, 0.25) is 0 Å². The van der Waals surface area contributed by atoms with E-state index in [-0.39, 0.29) is 24.5 Å². The van der Waals surface area contributed by atoms with Gasteiger partial charge in [0, 0.05) is 0 Å². The maximum Gasteiger partial charge on any atom is 0.494 e. The normalized spacial score (nSPS) is 18.3. The van der Waals surface area contributed by atoms with Crippen LogP contribution in [0.4, 0.5) is 0 Å². The second-order valence-corrected chi connectivity index (χ2v) is 6.52. The molecule has 0 N–H and O–H groups in total. The molecule has 0 atom stereocenters. The van der Waals surface area contributed by atoms with Crippen molar-refractivity contribution in [2.24, 2.45) is 0 Å². The van der Waals surface area contributed by atoms with Crippen LogP contribution in [0.3, 0.4) is 0 Å². The molecule has 1 aromatic rings. The van der Waals surface area contributed by atoms with Crippen molar-refractivity contribution >= 4 is 18.7 Å². The molecule has 0 spiro atoms. The summed E-state index contributed by atoms with van der Waals surface area (Å²) in [6.07, 6.45) is 3.83. The second kappa shape index (κ2) is 7.73. The third kappa shape index (κ3) is 4.54. The van der Waals surface area contributed by atoms with Gasteiger partial charge in [-0.25, -0.2) is 0 Å². The number of hydrogen-bond acceptors (Lipinski definition) is 4. The maximum absolute atomic E-state index is 8.12. The SMILES string of the molecule is CCCCc1cccc(B2OC(C)(C)C(C)(C)O2)c1.O=C=O. The summed E-state index contributed by atoms with van der Waals surface area (Å²) in [5, 5.41) is 0. The Balaban J connectivity index is 0.000000745. The quantitative estimate of drug-likeness (QED) is 0.803. The molecule has 5 heteroatoms. The van der Waals surface area contributed by atoms with E-state index < -0.39 is 0 Å². The number of unbranched alkanes of at least 4 members (excludes halogenated alkanes) is 1. The molecule has 1 aliphatic heterocycles. The van der Waals surface area contributed by atoms with Crippen molar-refractivity contribution in [3.63, 3.8) is 0 Å². The molecule has 1 heterocycles. The van der Waals surface area contributed by atoms with Gasteiger partial charge in [0.15, 0.2) is 0 Å². The first-order chi connectivity index (χ1) is 10.3. The van der Waals surface area contributed by atoms with Gasteiger partial charge in [0.25, 0.3) is 0 Å². The highest BCUT2D eigenvalue weighted by molar-refractivity contribution is 6.62. The molecule has 1 saturated heterocycles. The fraction of sp³-hybridized carbons (Fsp3) is 0.588. The molecule has 0 bridgehead atoms. The zero-order valence-electron chi connectivity index (χ0n) is 14.1. The molecule has 0 unspecified atom stereocenters.